The van der Waals surface area contributed by atoms with Gasteiger partial charge in [-0.15, -0.1) is 0 Å². The smallest absolute Gasteiger partial charge is 0.254 e. The normalized spacial score (nSPS) is 27.5. The quantitative estimate of drug-likeness (QED) is 0.671. The highest BCUT2D eigenvalue weighted by Crippen LogP contribution is 2.27. The van der Waals surface area contributed by atoms with E-state index in [1.165, 1.54) is 6.20 Å². The molecule has 0 spiro atoms. The van der Waals surface area contributed by atoms with Crippen LogP contribution in [0.15, 0.2) is 6.20 Å². The fourth-order valence-electron chi connectivity index (χ4n) is 2.54. The van der Waals surface area contributed by atoms with Gasteiger partial charge in [-0.3, -0.25) is 4.79 Å². The Morgan fingerprint density at radius 2 is 2.22 bits per heavy atom. The van der Waals surface area contributed by atoms with Gasteiger partial charge in [0.2, 0.25) is 5.95 Å². The number of primary amides is 1. The Morgan fingerprint density at radius 1 is 1.48 bits per heavy atom. The minimum Gasteiger partial charge on any atom is -0.393 e. The van der Waals surface area contributed by atoms with E-state index in [2.05, 4.69) is 20.6 Å². The summed E-state index contributed by atoms with van der Waals surface area (Å²) in [5.74, 6) is -0.767. The number of carbonyl (C=O) groups is 1. The van der Waals surface area contributed by atoms with Crippen LogP contribution in [0.1, 0.15) is 61.4 Å². The maximum absolute atomic E-state index is 11.7. The number of anilines is 2. The lowest BCUT2D eigenvalue weighted by Gasteiger charge is -2.32. The zero-order valence-electron chi connectivity index (χ0n) is 16.8. The third kappa shape index (κ3) is 4.79. The molecule has 1 saturated carbocycles. The number of hydrogen-bond donors (Lipinski definition) is 4. The van der Waals surface area contributed by atoms with Gasteiger partial charge < -0.3 is 21.5 Å². The van der Waals surface area contributed by atoms with E-state index in [0.717, 1.165) is 0 Å². The number of carbonyl (C=O) groups excluding carboxylic acids is 1. The van der Waals surface area contributed by atoms with Crippen molar-refractivity contribution in [1.29, 1.82) is 0 Å². The number of nitrogens with zero attached hydrogens (tertiary/aromatic N) is 2. The van der Waals surface area contributed by atoms with E-state index >= 15 is 0 Å². The average molecular weight is 324 g/mol. The predicted octanol–water partition coefficient (Wildman–Crippen LogP) is 1.75. The van der Waals surface area contributed by atoms with E-state index in [1.54, 1.807) is 0 Å². The van der Waals surface area contributed by atoms with Crippen LogP contribution in [0.4, 0.5) is 11.8 Å². The molecule has 7 nitrogen and oxygen atoms in total. The van der Waals surface area contributed by atoms with Gasteiger partial charge in [0.05, 0.1) is 11.7 Å². The Kier molecular flexibility index (Phi) is 3.94. The Morgan fingerprint density at radius 3 is 2.78 bits per heavy atom. The molecule has 128 valence electrons. The zero-order chi connectivity index (χ0) is 19.7. The topological polar surface area (TPSA) is 113 Å². The van der Waals surface area contributed by atoms with Crippen molar-refractivity contribution >= 4 is 17.7 Å². The van der Waals surface area contributed by atoms with Crippen LogP contribution in [0.3, 0.4) is 0 Å². The molecule has 1 fully saturated rings. The number of hydrogen-bond acceptors (Lipinski definition) is 6. The van der Waals surface area contributed by atoms with Gasteiger partial charge in [0, 0.05) is 21.9 Å². The molecule has 5 N–H and O–H groups in total. The van der Waals surface area contributed by atoms with E-state index in [0.29, 0.717) is 18.8 Å². The summed E-state index contributed by atoms with van der Waals surface area (Å²) in [5, 5.41) is 16.4. The molecular weight excluding hydrogens is 294 g/mol. The number of rotatable bonds is 4. The van der Waals surface area contributed by atoms with Crippen molar-refractivity contribution in [3.8, 4) is 0 Å². The van der Waals surface area contributed by atoms with E-state index in [1.807, 2.05) is 20.8 Å². The van der Waals surface area contributed by atoms with Crippen molar-refractivity contribution < 1.29 is 14.0 Å². The van der Waals surface area contributed by atoms with Gasteiger partial charge in [0.25, 0.3) is 5.91 Å². The third-order valence-electron chi connectivity index (χ3n) is 3.70. The number of aromatic nitrogens is 2. The fourth-order valence-corrected chi connectivity index (χ4v) is 2.54. The number of nitrogens with one attached hydrogen (secondary N) is 2. The van der Waals surface area contributed by atoms with Gasteiger partial charge >= 0.3 is 0 Å². The largest absolute Gasteiger partial charge is 0.393 e. The van der Waals surface area contributed by atoms with Gasteiger partial charge in [-0.1, -0.05) is 6.85 Å². The van der Waals surface area contributed by atoms with E-state index in [4.69, 9.17) is 9.85 Å². The first-order valence-electron chi connectivity index (χ1n) is 9.26. The van der Waals surface area contributed by atoms with E-state index < -0.39 is 24.8 Å². The van der Waals surface area contributed by atoms with Crippen molar-refractivity contribution in [3.05, 3.63) is 11.8 Å². The minimum absolute atomic E-state index is 0.150. The molecular formula is C16H27N5O2. The lowest BCUT2D eigenvalue weighted by Crippen LogP contribution is -2.36. The zero-order valence-corrected chi connectivity index (χ0v) is 13.8. The monoisotopic (exact) mass is 324 g/mol. The predicted molar refractivity (Wildman–Crippen MR) is 90.4 cm³/mol. The molecule has 3 atom stereocenters. The number of aliphatic hydroxyl groups is 1. The highest BCUT2D eigenvalue weighted by Gasteiger charge is 2.27. The van der Waals surface area contributed by atoms with Crippen molar-refractivity contribution in [1.82, 2.24) is 9.97 Å². The molecule has 0 bridgehead atoms. The Bertz CT molecular complexity index is 660. The summed E-state index contributed by atoms with van der Waals surface area (Å²) < 4.78 is 22.5. The lowest BCUT2D eigenvalue weighted by atomic mass is 9.85. The number of aliphatic hydroxyl groups excluding tert-OH is 1. The Balaban J connectivity index is 2.17. The van der Waals surface area contributed by atoms with Crippen molar-refractivity contribution in [2.45, 2.75) is 64.6 Å². The second-order valence-electron chi connectivity index (χ2n) is 7.02. The summed E-state index contributed by atoms with van der Waals surface area (Å²) in [7, 11) is 0. The molecule has 0 aliphatic heterocycles. The molecule has 0 saturated heterocycles. The molecule has 3 unspecified atom stereocenters. The Labute approximate surface area is 141 Å². The van der Waals surface area contributed by atoms with Crippen LogP contribution in [-0.4, -0.2) is 38.7 Å². The molecule has 1 aromatic rings. The van der Waals surface area contributed by atoms with Crippen LogP contribution in [-0.2, 0) is 0 Å². The minimum atomic E-state index is -2.18. The van der Waals surface area contributed by atoms with Gasteiger partial charge in [-0.25, -0.2) is 4.98 Å². The summed E-state index contributed by atoms with van der Waals surface area (Å²) in [6.07, 6.45) is 1.58. The van der Waals surface area contributed by atoms with Crippen molar-refractivity contribution in [3.63, 3.8) is 0 Å². The average Bonchev–Trinajstić information content (AvgIpc) is 2.44. The molecule has 1 aliphatic rings. The van der Waals surface area contributed by atoms with Gasteiger partial charge in [-0.05, 0) is 46.0 Å². The van der Waals surface area contributed by atoms with Gasteiger partial charge in [0.1, 0.15) is 5.82 Å². The highest BCUT2D eigenvalue weighted by atomic mass is 16.3. The molecule has 23 heavy (non-hydrogen) atoms. The summed E-state index contributed by atoms with van der Waals surface area (Å²) in [6.45, 7) is 3.69. The first-order valence-corrected chi connectivity index (χ1v) is 7.76. The van der Waals surface area contributed by atoms with Crippen LogP contribution in [0.5, 0.6) is 0 Å². The third-order valence-corrected chi connectivity index (χ3v) is 3.70. The van der Waals surface area contributed by atoms with Crippen LogP contribution in [0, 0.1) is 5.92 Å². The van der Waals surface area contributed by atoms with Crippen LogP contribution >= 0.6 is 0 Å². The standard InChI is InChI=1S/C16H27N5O2/c1-9-5-6-10(7-12(9)22)19-14-11(13(17)23)8-18-15(20-14)21-16(2,3)4/h8-10,12,22H,5-7H2,1-4H3,(H2,17,23)(H2,18,19,20,21)/i1D3. The van der Waals surface area contributed by atoms with Gasteiger partial charge in [-0.2, -0.15) is 4.98 Å². The van der Waals surface area contributed by atoms with Crippen molar-refractivity contribution in [2.24, 2.45) is 11.7 Å². The SMILES string of the molecule is [2H]C([2H])([2H])C1CCC(Nc2nc(NC(C)(C)C)ncc2C(N)=O)CC1O. The van der Waals surface area contributed by atoms with E-state index in [9.17, 15) is 9.90 Å². The van der Waals surface area contributed by atoms with Gasteiger partial charge in [0.15, 0.2) is 0 Å². The fraction of sp³-hybridized carbons (Fsp3) is 0.688. The number of nitrogens with two attached hydrogens (primary N) is 1. The molecule has 1 heterocycles. The second-order valence-corrected chi connectivity index (χ2v) is 7.02. The summed E-state index contributed by atoms with van der Waals surface area (Å²) in [5.41, 5.74) is 5.29. The van der Waals surface area contributed by atoms with E-state index in [-0.39, 0.29) is 29.4 Å². The first-order chi connectivity index (χ1) is 11.9. The highest BCUT2D eigenvalue weighted by molar-refractivity contribution is 5.97. The van der Waals surface area contributed by atoms with Crippen LogP contribution in [0.25, 0.3) is 0 Å². The maximum atomic E-state index is 11.7. The summed E-state index contributed by atoms with van der Waals surface area (Å²) >= 11 is 0. The Hall–Kier alpha value is -1.89. The molecule has 1 amide bonds. The van der Waals surface area contributed by atoms with Crippen LogP contribution in [0.2, 0.25) is 0 Å². The first kappa shape index (κ1) is 13.5. The summed E-state index contributed by atoms with van der Waals surface area (Å²) in [6, 6.07) is -0.209. The summed E-state index contributed by atoms with van der Waals surface area (Å²) in [4.78, 5) is 20.1. The molecule has 1 aromatic heterocycles. The molecule has 1 aliphatic carbocycles. The molecule has 2 rings (SSSR count). The molecule has 7 heteroatoms. The second kappa shape index (κ2) is 6.70. The molecule has 0 radical (unpaired) electrons. The molecule has 0 aromatic carbocycles. The van der Waals surface area contributed by atoms with Crippen molar-refractivity contribution in [2.75, 3.05) is 10.6 Å². The van der Waals surface area contributed by atoms with Crippen LogP contribution < -0.4 is 16.4 Å². The lowest BCUT2D eigenvalue weighted by molar-refractivity contribution is 0.0739. The number of amides is 1. The maximum Gasteiger partial charge on any atom is 0.254 e.